The van der Waals surface area contributed by atoms with Gasteiger partial charge in [0.2, 0.25) is 5.95 Å². The molecule has 0 atom stereocenters. The fourth-order valence-corrected chi connectivity index (χ4v) is 3.53. The SMILES string of the molecule is COc1ccccc1N1CCN(c2nc3ccc(Br)cc3[nH]2)CC1. The average Bonchev–Trinajstić information content (AvgIpc) is 3.05. The highest BCUT2D eigenvalue weighted by molar-refractivity contribution is 9.10. The van der Waals surface area contributed by atoms with Crippen LogP contribution in [0.2, 0.25) is 0 Å². The summed E-state index contributed by atoms with van der Waals surface area (Å²) in [7, 11) is 1.72. The molecule has 6 heteroatoms. The number of aromatic nitrogens is 2. The van der Waals surface area contributed by atoms with Gasteiger partial charge in [-0.05, 0) is 30.3 Å². The molecule has 4 rings (SSSR count). The number of benzene rings is 2. The number of nitrogens with one attached hydrogen (secondary N) is 1. The van der Waals surface area contributed by atoms with Gasteiger partial charge in [-0.15, -0.1) is 0 Å². The molecule has 2 aromatic carbocycles. The van der Waals surface area contributed by atoms with Crippen molar-refractivity contribution in [2.45, 2.75) is 0 Å². The topological polar surface area (TPSA) is 44.4 Å². The van der Waals surface area contributed by atoms with Gasteiger partial charge in [0, 0.05) is 30.7 Å². The molecular weight excluding hydrogens is 368 g/mol. The van der Waals surface area contributed by atoms with E-state index in [4.69, 9.17) is 9.72 Å². The molecule has 1 aliphatic heterocycles. The molecular formula is C18H19BrN4O. The Kier molecular flexibility index (Phi) is 4.06. The quantitative estimate of drug-likeness (QED) is 0.745. The Morgan fingerprint density at radius 3 is 2.58 bits per heavy atom. The van der Waals surface area contributed by atoms with Gasteiger partial charge in [-0.1, -0.05) is 28.1 Å². The fourth-order valence-electron chi connectivity index (χ4n) is 3.17. The van der Waals surface area contributed by atoms with Crippen LogP contribution in [0, 0.1) is 0 Å². The summed E-state index contributed by atoms with van der Waals surface area (Å²) < 4.78 is 6.54. The lowest BCUT2D eigenvalue weighted by Gasteiger charge is -2.36. The third-order valence-corrected chi connectivity index (χ3v) is 4.93. The molecule has 0 saturated carbocycles. The van der Waals surface area contributed by atoms with Gasteiger partial charge >= 0.3 is 0 Å². The summed E-state index contributed by atoms with van der Waals surface area (Å²) in [5.74, 6) is 1.88. The molecule has 0 bridgehead atoms. The van der Waals surface area contributed by atoms with E-state index in [0.29, 0.717) is 0 Å². The maximum Gasteiger partial charge on any atom is 0.203 e. The highest BCUT2D eigenvalue weighted by atomic mass is 79.9. The van der Waals surface area contributed by atoms with Gasteiger partial charge in [0.1, 0.15) is 5.75 Å². The summed E-state index contributed by atoms with van der Waals surface area (Å²) in [5.41, 5.74) is 3.22. The summed E-state index contributed by atoms with van der Waals surface area (Å²) in [6.07, 6.45) is 0. The number of piperazine rings is 1. The third kappa shape index (κ3) is 2.82. The van der Waals surface area contributed by atoms with Crippen LogP contribution >= 0.6 is 15.9 Å². The Hall–Kier alpha value is -2.21. The zero-order chi connectivity index (χ0) is 16.5. The fraction of sp³-hybridized carbons (Fsp3) is 0.278. The van der Waals surface area contributed by atoms with Crippen LogP contribution in [-0.4, -0.2) is 43.3 Å². The number of anilines is 2. The molecule has 1 aromatic heterocycles. The van der Waals surface area contributed by atoms with Crippen LogP contribution < -0.4 is 14.5 Å². The molecule has 1 N–H and O–H groups in total. The van der Waals surface area contributed by atoms with E-state index in [9.17, 15) is 0 Å². The maximum atomic E-state index is 5.48. The number of hydrogen-bond donors (Lipinski definition) is 1. The predicted octanol–water partition coefficient (Wildman–Crippen LogP) is 3.66. The Morgan fingerprint density at radius 2 is 1.79 bits per heavy atom. The van der Waals surface area contributed by atoms with Crippen molar-refractivity contribution in [3.8, 4) is 5.75 Å². The third-order valence-electron chi connectivity index (χ3n) is 4.44. The van der Waals surface area contributed by atoms with Crippen LogP contribution in [0.15, 0.2) is 46.9 Å². The van der Waals surface area contributed by atoms with Crippen molar-refractivity contribution in [1.29, 1.82) is 0 Å². The number of ether oxygens (including phenoxy) is 1. The number of H-pyrrole nitrogens is 1. The summed E-state index contributed by atoms with van der Waals surface area (Å²) in [4.78, 5) is 12.8. The maximum absolute atomic E-state index is 5.48. The van der Waals surface area contributed by atoms with Gasteiger partial charge in [0.15, 0.2) is 0 Å². The van der Waals surface area contributed by atoms with Crippen molar-refractivity contribution >= 4 is 38.6 Å². The number of methoxy groups -OCH3 is 1. The van der Waals surface area contributed by atoms with Crippen molar-refractivity contribution in [3.05, 3.63) is 46.9 Å². The van der Waals surface area contributed by atoms with Crippen molar-refractivity contribution in [2.24, 2.45) is 0 Å². The van der Waals surface area contributed by atoms with Gasteiger partial charge in [0.25, 0.3) is 0 Å². The Bertz CT molecular complexity index is 855. The van der Waals surface area contributed by atoms with Crippen LogP contribution in [0.5, 0.6) is 5.75 Å². The molecule has 1 aliphatic rings. The Balaban J connectivity index is 1.51. The first kappa shape index (κ1) is 15.3. The number of hydrogen-bond acceptors (Lipinski definition) is 4. The lowest BCUT2D eigenvalue weighted by Crippen LogP contribution is -2.47. The first-order valence-corrected chi connectivity index (χ1v) is 8.82. The van der Waals surface area contributed by atoms with E-state index in [1.807, 2.05) is 24.3 Å². The first-order chi connectivity index (χ1) is 11.7. The highest BCUT2D eigenvalue weighted by Crippen LogP contribution is 2.29. The molecule has 0 spiro atoms. The van der Waals surface area contributed by atoms with Gasteiger partial charge < -0.3 is 19.5 Å². The van der Waals surface area contributed by atoms with E-state index < -0.39 is 0 Å². The van der Waals surface area contributed by atoms with Gasteiger partial charge in [-0.3, -0.25) is 0 Å². The van der Waals surface area contributed by atoms with E-state index in [-0.39, 0.29) is 0 Å². The summed E-state index contributed by atoms with van der Waals surface area (Å²) in [6, 6.07) is 14.3. The number of fused-ring (bicyclic) bond motifs is 1. The van der Waals surface area contributed by atoms with E-state index in [1.165, 1.54) is 0 Å². The highest BCUT2D eigenvalue weighted by Gasteiger charge is 2.21. The van der Waals surface area contributed by atoms with E-state index in [1.54, 1.807) is 7.11 Å². The van der Waals surface area contributed by atoms with Crippen LogP contribution in [0.4, 0.5) is 11.6 Å². The molecule has 2 heterocycles. The molecule has 24 heavy (non-hydrogen) atoms. The molecule has 5 nitrogen and oxygen atoms in total. The standard InChI is InChI=1S/C18H19BrN4O/c1-24-17-5-3-2-4-16(17)22-8-10-23(11-9-22)18-20-14-7-6-13(19)12-15(14)21-18/h2-7,12H,8-11H2,1H3,(H,20,21). The van der Waals surface area contributed by atoms with Gasteiger partial charge in [-0.2, -0.15) is 0 Å². The molecule has 0 unspecified atom stereocenters. The first-order valence-electron chi connectivity index (χ1n) is 8.03. The summed E-state index contributed by atoms with van der Waals surface area (Å²) in [5, 5.41) is 0. The van der Waals surface area contributed by atoms with Gasteiger partial charge in [0.05, 0.1) is 23.8 Å². The second-order valence-electron chi connectivity index (χ2n) is 5.87. The molecule has 1 saturated heterocycles. The number of aromatic amines is 1. The monoisotopic (exact) mass is 386 g/mol. The van der Waals surface area contributed by atoms with Crippen LogP contribution in [0.1, 0.15) is 0 Å². The molecule has 1 fully saturated rings. The van der Waals surface area contributed by atoms with Crippen LogP contribution in [-0.2, 0) is 0 Å². The zero-order valence-electron chi connectivity index (χ0n) is 13.5. The van der Waals surface area contributed by atoms with Crippen LogP contribution in [0.3, 0.4) is 0 Å². The number of nitrogens with zero attached hydrogens (tertiary/aromatic N) is 3. The average molecular weight is 387 g/mol. The smallest absolute Gasteiger partial charge is 0.203 e. The van der Waals surface area contributed by atoms with Crippen LogP contribution in [0.25, 0.3) is 11.0 Å². The van der Waals surface area contributed by atoms with Crippen molar-refractivity contribution in [2.75, 3.05) is 43.1 Å². The molecule has 3 aromatic rings. The number of rotatable bonds is 3. The minimum atomic E-state index is 0.930. The predicted molar refractivity (Wildman–Crippen MR) is 101 cm³/mol. The number of imidazole rings is 1. The second kappa shape index (κ2) is 6.36. The summed E-state index contributed by atoms with van der Waals surface area (Å²) in [6.45, 7) is 3.75. The normalized spacial score (nSPS) is 15.1. The lowest BCUT2D eigenvalue weighted by molar-refractivity contribution is 0.413. The molecule has 0 amide bonds. The minimum Gasteiger partial charge on any atom is -0.495 e. The van der Waals surface area contributed by atoms with Crippen molar-refractivity contribution < 1.29 is 4.74 Å². The molecule has 0 aliphatic carbocycles. The van der Waals surface area contributed by atoms with E-state index in [0.717, 1.165) is 59.1 Å². The van der Waals surface area contributed by atoms with E-state index in [2.05, 4.69) is 48.9 Å². The molecule has 124 valence electrons. The van der Waals surface area contributed by atoms with Crippen molar-refractivity contribution in [1.82, 2.24) is 9.97 Å². The number of para-hydroxylation sites is 2. The minimum absolute atomic E-state index is 0.930. The largest absolute Gasteiger partial charge is 0.495 e. The lowest BCUT2D eigenvalue weighted by atomic mass is 10.2. The Morgan fingerprint density at radius 1 is 1.04 bits per heavy atom. The Labute approximate surface area is 149 Å². The summed E-state index contributed by atoms with van der Waals surface area (Å²) >= 11 is 3.51. The van der Waals surface area contributed by atoms with E-state index >= 15 is 0 Å². The molecule has 0 radical (unpaired) electrons. The zero-order valence-corrected chi connectivity index (χ0v) is 15.1. The second-order valence-corrected chi connectivity index (χ2v) is 6.78. The van der Waals surface area contributed by atoms with Gasteiger partial charge in [-0.25, -0.2) is 4.98 Å². The van der Waals surface area contributed by atoms with Crippen molar-refractivity contribution in [3.63, 3.8) is 0 Å². The number of halogens is 1.